The van der Waals surface area contributed by atoms with Crippen molar-refractivity contribution in [3.05, 3.63) is 35.9 Å². The van der Waals surface area contributed by atoms with Crippen molar-refractivity contribution in [1.82, 2.24) is 5.06 Å². The summed E-state index contributed by atoms with van der Waals surface area (Å²) < 4.78 is 5.13. The van der Waals surface area contributed by atoms with Gasteiger partial charge in [-0.15, -0.1) is 0 Å². The third-order valence-corrected chi connectivity index (χ3v) is 4.58. The molecule has 19 heavy (non-hydrogen) atoms. The van der Waals surface area contributed by atoms with E-state index in [9.17, 15) is 4.79 Å². The number of nitrogens with zero attached hydrogens (tertiary/aromatic N) is 1. The number of benzene rings is 1. The molecule has 1 aromatic rings. The van der Waals surface area contributed by atoms with Crippen LogP contribution in [0, 0.1) is 5.92 Å². The zero-order valence-electron chi connectivity index (χ0n) is 11.3. The third-order valence-electron chi connectivity index (χ3n) is 4.58. The lowest BCUT2D eigenvalue weighted by Crippen LogP contribution is -2.50. The maximum atomic E-state index is 12.5. The second-order valence-corrected chi connectivity index (χ2v) is 5.41. The number of carbonyl (C=O) groups excluding carboxylic acids is 1. The number of ether oxygens (including phenoxy) is 1. The topological polar surface area (TPSA) is 38.8 Å². The summed E-state index contributed by atoms with van der Waals surface area (Å²) in [4.78, 5) is 18.1. The first-order valence-electron chi connectivity index (χ1n) is 6.70. The van der Waals surface area contributed by atoms with Gasteiger partial charge in [-0.25, -0.2) is 0 Å². The summed E-state index contributed by atoms with van der Waals surface area (Å²) in [5.41, 5.74) is 0.443. The van der Waals surface area contributed by atoms with Crippen molar-refractivity contribution in [3.8, 4) is 0 Å². The largest absolute Gasteiger partial charge is 0.468 e. The molecule has 0 unspecified atom stereocenters. The Morgan fingerprint density at radius 3 is 2.84 bits per heavy atom. The third kappa shape index (κ3) is 1.70. The molecule has 1 aliphatic carbocycles. The Hall–Kier alpha value is -1.39. The first-order chi connectivity index (χ1) is 9.20. The molecular weight excluding hydrogens is 242 g/mol. The van der Waals surface area contributed by atoms with E-state index >= 15 is 0 Å². The monoisotopic (exact) mass is 261 g/mol. The highest BCUT2D eigenvalue weighted by molar-refractivity contribution is 5.85. The van der Waals surface area contributed by atoms with Gasteiger partial charge in [0.15, 0.2) is 0 Å². The second-order valence-electron chi connectivity index (χ2n) is 5.41. The molecule has 1 saturated carbocycles. The van der Waals surface area contributed by atoms with Gasteiger partial charge >= 0.3 is 5.97 Å². The number of rotatable bonds is 2. The molecule has 4 nitrogen and oxygen atoms in total. The van der Waals surface area contributed by atoms with E-state index in [0.717, 1.165) is 18.4 Å². The van der Waals surface area contributed by atoms with Gasteiger partial charge in [0.1, 0.15) is 5.41 Å². The van der Waals surface area contributed by atoms with Crippen LogP contribution in [0.2, 0.25) is 0 Å². The van der Waals surface area contributed by atoms with Crippen molar-refractivity contribution in [2.75, 3.05) is 20.8 Å². The number of methoxy groups -OCH3 is 1. The van der Waals surface area contributed by atoms with Crippen LogP contribution in [-0.4, -0.2) is 37.8 Å². The van der Waals surface area contributed by atoms with Crippen molar-refractivity contribution in [3.63, 3.8) is 0 Å². The van der Waals surface area contributed by atoms with Gasteiger partial charge in [-0.3, -0.25) is 9.63 Å². The van der Waals surface area contributed by atoms with E-state index in [0.29, 0.717) is 12.5 Å². The fourth-order valence-corrected chi connectivity index (χ4v) is 3.77. The van der Waals surface area contributed by atoms with Gasteiger partial charge in [0, 0.05) is 13.0 Å². The Morgan fingerprint density at radius 2 is 2.16 bits per heavy atom. The van der Waals surface area contributed by atoms with Crippen molar-refractivity contribution >= 4 is 5.97 Å². The van der Waals surface area contributed by atoms with E-state index in [-0.39, 0.29) is 12.0 Å². The first-order valence-corrected chi connectivity index (χ1v) is 6.70. The lowest BCUT2D eigenvalue weighted by Gasteiger charge is -2.35. The highest BCUT2D eigenvalue weighted by Crippen LogP contribution is 2.50. The average molecular weight is 261 g/mol. The highest BCUT2D eigenvalue weighted by Gasteiger charge is 2.59. The van der Waals surface area contributed by atoms with Gasteiger partial charge in [0.25, 0.3) is 0 Å². The number of likely N-dealkylation sites (N-methyl/N-ethyl adjacent to an activating group) is 1. The molecule has 0 radical (unpaired) electrons. The van der Waals surface area contributed by atoms with Crippen molar-refractivity contribution < 1.29 is 14.4 Å². The van der Waals surface area contributed by atoms with Crippen LogP contribution >= 0.6 is 0 Å². The number of hydrogen-bond acceptors (Lipinski definition) is 4. The van der Waals surface area contributed by atoms with Gasteiger partial charge in [-0.05, 0) is 18.4 Å². The van der Waals surface area contributed by atoms with Crippen LogP contribution in [0.3, 0.4) is 0 Å². The minimum atomic E-state index is -0.591. The molecule has 0 spiro atoms. The molecule has 1 aromatic carbocycles. The van der Waals surface area contributed by atoms with Crippen LogP contribution in [-0.2, 0) is 19.8 Å². The van der Waals surface area contributed by atoms with Crippen LogP contribution in [0.25, 0.3) is 0 Å². The van der Waals surface area contributed by atoms with Crippen LogP contribution in [0.1, 0.15) is 18.4 Å². The first kappa shape index (κ1) is 12.6. The van der Waals surface area contributed by atoms with Crippen LogP contribution in [0.15, 0.2) is 30.3 Å². The molecule has 3 atom stereocenters. The van der Waals surface area contributed by atoms with Crippen LogP contribution in [0.5, 0.6) is 0 Å². The summed E-state index contributed by atoms with van der Waals surface area (Å²) in [6.07, 6.45) is 1.83. The standard InChI is InChI=1S/C15H19NO3/c1-16-13-11(10-19-16)8-9-15(13,14(17)18-2)12-6-4-3-5-7-12/h3-7,11,13H,8-10H2,1-2H3/t11-,13+,15+/m0/s1. The Bertz CT molecular complexity index is 476. The molecule has 1 heterocycles. The molecule has 3 rings (SSSR count). The van der Waals surface area contributed by atoms with E-state index in [1.807, 2.05) is 42.4 Å². The second kappa shape index (κ2) is 4.62. The normalized spacial score (nSPS) is 34.2. The van der Waals surface area contributed by atoms with Crippen molar-refractivity contribution in [2.24, 2.45) is 5.92 Å². The summed E-state index contributed by atoms with van der Waals surface area (Å²) in [5, 5.41) is 1.85. The zero-order chi connectivity index (χ0) is 13.5. The SMILES string of the molecule is COC(=O)[C@@]1(c2ccccc2)CC[C@H]2CON(C)[C@H]21. The molecule has 0 bridgehead atoms. The van der Waals surface area contributed by atoms with Crippen molar-refractivity contribution in [1.29, 1.82) is 0 Å². The molecular formula is C15H19NO3. The zero-order valence-corrected chi connectivity index (χ0v) is 11.3. The van der Waals surface area contributed by atoms with Crippen LogP contribution < -0.4 is 0 Å². The Labute approximate surface area is 113 Å². The van der Waals surface area contributed by atoms with E-state index in [1.165, 1.54) is 7.11 Å². The van der Waals surface area contributed by atoms with Gasteiger partial charge in [-0.1, -0.05) is 30.3 Å². The van der Waals surface area contributed by atoms with E-state index in [2.05, 4.69) is 0 Å². The quantitative estimate of drug-likeness (QED) is 0.760. The van der Waals surface area contributed by atoms with Gasteiger partial charge in [0.2, 0.25) is 0 Å². The summed E-state index contributed by atoms with van der Waals surface area (Å²) >= 11 is 0. The molecule has 2 aliphatic rings. The fourth-order valence-electron chi connectivity index (χ4n) is 3.77. The van der Waals surface area contributed by atoms with Gasteiger partial charge in [-0.2, -0.15) is 5.06 Å². The van der Waals surface area contributed by atoms with E-state index in [1.54, 1.807) is 0 Å². The molecule has 2 fully saturated rings. The summed E-state index contributed by atoms with van der Waals surface area (Å²) in [6.45, 7) is 0.701. The Balaban J connectivity index is 2.10. The molecule has 0 amide bonds. The fraction of sp³-hybridized carbons (Fsp3) is 0.533. The summed E-state index contributed by atoms with van der Waals surface area (Å²) in [7, 11) is 3.38. The number of hydroxylamine groups is 2. The van der Waals surface area contributed by atoms with Crippen LogP contribution in [0.4, 0.5) is 0 Å². The lowest BCUT2D eigenvalue weighted by molar-refractivity contribution is -0.161. The van der Waals surface area contributed by atoms with Gasteiger partial charge in [0.05, 0.1) is 19.8 Å². The van der Waals surface area contributed by atoms with Crippen molar-refractivity contribution in [2.45, 2.75) is 24.3 Å². The smallest absolute Gasteiger partial charge is 0.318 e. The minimum absolute atomic E-state index is 0.0716. The molecule has 0 aromatic heterocycles. The maximum absolute atomic E-state index is 12.5. The summed E-state index contributed by atoms with van der Waals surface area (Å²) in [6, 6.07) is 10.0. The average Bonchev–Trinajstić information content (AvgIpc) is 3.01. The predicted molar refractivity (Wildman–Crippen MR) is 70.4 cm³/mol. The molecule has 4 heteroatoms. The Morgan fingerprint density at radius 1 is 1.42 bits per heavy atom. The maximum Gasteiger partial charge on any atom is 0.318 e. The summed E-state index contributed by atoms with van der Waals surface area (Å²) in [5.74, 6) is 0.257. The molecule has 1 saturated heterocycles. The molecule has 1 aliphatic heterocycles. The van der Waals surface area contributed by atoms with E-state index < -0.39 is 5.41 Å². The number of esters is 1. The number of fused-ring (bicyclic) bond motifs is 1. The van der Waals surface area contributed by atoms with E-state index in [4.69, 9.17) is 9.57 Å². The Kier molecular flexibility index (Phi) is 3.07. The number of hydrogen-bond donors (Lipinski definition) is 0. The lowest BCUT2D eigenvalue weighted by atomic mass is 9.74. The minimum Gasteiger partial charge on any atom is -0.468 e. The number of carbonyl (C=O) groups is 1. The predicted octanol–water partition coefficient (Wildman–Crippen LogP) is 1.75. The molecule has 0 N–H and O–H groups in total. The molecule has 102 valence electrons. The highest BCUT2D eigenvalue weighted by atomic mass is 16.7. The van der Waals surface area contributed by atoms with Gasteiger partial charge < -0.3 is 4.74 Å².